The summed E-state index contributed by atoms with van der Waals surface area (Å²) in [6, 6.07) is 5.42. The van der Waals surface area contributed by atoms with Crippen LogP contribution in [-0.2, 0) is 0 Å². The predicted octanol–water partition coefficient (Wildman–Crippen LogP) is 1.41. The van der Waals surface area contributed by atoms with Crippen LogP contribution in [0.3, 0.4) is 0 Å². The van der Waals surface area contributed by atoms with Gasteiger partial charge in [-0.2, -0.15) is 0 Å². The molecule has 0 aliphatic heterocycles. The molecule has 0 spiro atoms. The number of aliphatic hydroxyl groups excluding tert-OH is 1. The molecule has 0 saturated carbocycles. The van der Waals surface area contributed by atoms with Gasteiger partial charge in [0.2, 0.25) is 0 Å². The second-order valence-corrected chi connectivity index (χ2v) is 5.88. The van der Waals surface area contributed by atoms with Gasteiger partial charge in [0.25, 0.3) is 5.91 Å². The largest absolute Gasteiger partial charge is 0.384 e. The summed E-state index contributed by atoms with van der Waals surface area (Å²) in [7, 11) is 3.97. The zero-order chi connectivity index (χ0) is 16.0. The molecule has 0 radical (unpaired) electrons. The van der Waals surface area contributed by atoms with Crippen LogP contribution in [0.5, 0.6) is 0 Å². The van der Waals surface area contributed by atoms with Crippen molar-refractivity contribution >= 4 is 5.91 Å². The SMILES string of the molecule is Cc1ccc(C(=O)NCC(C)(C)N(C)C)cc1C#CCO. The standard InChI is InChI=1S/C17H24N2O2/c1-13-8-9-15(11-14(13)7-6-10-20)16(21)18-12-17(2,3)19(4)5/h8-9,11,20H,10,12H2,1-5H3,(H,18,21). The average Bonchev–Trinajstić information content (AvgIpc) is 2.43. The van der Waals surface area contributed by atoms with Crippen molar-refractivity contribution in [1.82, 2.24) is 10.2 Å². The molecule has 0 aliphatic rings. The second-order valence-electron chi connectivity index (χ2n) is 5.88. The average molecular weight is 288 g/mol. The van der Waals surface area contributed by atoms with E-state index >= 15 is 0 Å². The highest BCUT2D eigenvalue weighted by atomic mass is 16.2. The van der Waals surface area contributed by atoms with Crippen molar-refractivity contribution in [3.05, 3.63) is 34.9 Å². The Hall–Kier alpha value is -1.83. The van der Waals surface area contributed by atoms with Gasteiger partial charge in [-0.3, -0.25) is 4.79 Å². The predicted molar refractivity (Wildman–Crippen MR) is 85.2 cm³/mol. The number of carbonyl (C=O) groups excluding carboxylic acids is 1. The number of carbonyl (C=O) groups is 1. The van der Waals surface area contributed by atoms with Crippen molar-refractivity contribution in [2.24, 2.45) is 0 Å². The first-order chi connectivity index (χ1) is 9.77. The van der Waals surface area contributed by atoms with Crippen molar-refractivity contribution in [3.63, 3.8) is 0 Å². The van der Waals surface area contributed by atoms with Crippen LogP contribution in [0.25, 0.3) is 0 Å². The molecule has 0 unspecified atom stereocenters. The number of benzene rings is 1. The first-order valence-electron chi connectivity index (χ1n) is 6.94. The molecule has 0 atom stereocenters. The van der Waals surface area contributed by atoms with Crippen LogP contribution in [-0.4, -0.2) is 48.7 Å². The van der Waals surface area contributed by atoms with Gasteiger partial charge in [0, 0.05) is 23.2 Å². The van der Waals surface area contributed by atoms with Crippen LogP contribution in [0.4, 0.5) is 0 Å². The van der Waals surface area contributed by atoms with Crippen molar-refractivity contribution in [3.8, 4) is 11.8 Å². The number of nitrogens with one attached hydrogen (secondary N) is 1. The zero-order valence-corrected chi connectivity index (χ0v) is 13.4. The van der Waals surface area contributed by atoms with Crippen LogP contribution in [0.15, 0.2) is 18.2 Å². The maximum atomic E-state index is 12.2. The van der Waals surface area contributed by atoms with E-state index in [4.69, 9.17) is 5.11 Å². The molecule has 0 aromatic heterocycles. The molecule has 4 nitrogen and oxygen atoms in total. The van der Waals surface area contributed by atoms with E-state index in [9.17, 15) is 4.79 Å². The van der Waals surface area contributed by atoms with E-state index in [1.807, 2.05) is 27.1 Å². The molecule has 1 aromatic carbocycles. The van der Waals surface area contributed by atoms with Gasteiger partial charge in [-0.05, 0) is 52.6 Å². The summed E-state index contributed by atoms with van der Waals surface area (Å²) in [5.74, 6) is 5.36. The van der Waals surface area contributed by atoms with Gasteiger partial charge in [0.05, 0.1) is 0 Å². The number of hydrogen-bond acceptors (Lipinski definition) is 3. The lowest BCUT2D eigenvalue weighted by Crippen LogP contribution is -2.48. The molecule has 0 aliphatic carbocycles. The third-order valence-corrected chi connectivity index (χ3v) is 3.69. The van der Waals surface area contributed by atoms with Crippen molar-refractivity contribution in [1.29, 1.82) is 0 Å². The van der Waals surface area contributed by atoms with E-state index in [1.54, 1.807) is 12.1 Å². The summed E-state index contributed by atoms with van der Waals surface area (Å²) in [6.07, 6.45) is 0. The van der Waals surface area contributed by atoms with Gasteiger partial charge in [0.1, 0.15) is 6.61 Å². The fraction of sp³-hybridized carbons (Fsp3) is 0.471. The Morgan fingerprint density at radius 3 is 2.62 bits per heavy atom. The molecular formula is C17H24N2O2. The number of aliphatic hydroxyl groups is 1. The minimum Gasteiger partial charge on any atom is -0.384 e. The van der Waals surface area contributed by atoms with E-state index in [0.29, 0.717) is 12.1 Å². The smallest absolute Gasteiger partial charge is 0.251 e. The molecule has 114 valence electrons. The van der Waals surface area contributed by atoms with E-state index in [-0.39, 0.29) is 18.1 Å². The van der Waals surface area contributed by atoms with Gasteiger partial charge in [-0.15, -0.1) is 0 Å². The van der Waals surface area contributed by atoms with E-state index in [1.165, 1.54) is 0 Å². The molecule has 0 bridgehead atoms. The first-order valence-corrected chi connectivity index (χ1v) is 6.94. The van der Waals surface area contributed by atoms with Crippen molar-refractivity contribution in [2.45, 2.75) is 26.3 Å². The Morgan fingerprint density at radius 2 is 2.05 bits per heavy atom. The maximum Gasteiger partial charge on any atom is 0.251 e. The Morgan fingerprint density at radius 1 is 1.38 bits per heavy atom. The van der Waals surface area contributed by atoms with Gasteiger partial charge in [0.15, 0.2) is 0 Å². The summed E-state index contributed by atoms with van der Waals surface area (Å²) in [5, 5.41) is 11.7. The number of likely N-dealkylation sites (N-methyl/N-ethyl adjacent to an activating group) is 1. The summed E-state index contributed by atoms with van der Waals surface area (Å²) in [4.78, 5) is 14.3. The number of aryl methyl sites for hydroxylation is 1. The van der Waals surface area contributed by atoms with Gasteiger partial charge < -0.3 is 15.3 Å². The lowest BCUT2D eigenvalue weighted by Gasteiger charge is -2.32. The summed E-state index contributed by atoms with van der Waals surface area (Å²) in [6.45, 7) is 6.44. The van der Waals surface area contributed by atoms with Crippen LogP contribution in [0, 0.1) is 18.8 Å². The lowest BCUT2D eigenvalue weighted by atomic mass is 10.0. The molecule has 1 aromatic rings. The number of rotatable bonds is 4. The lowest BCUT2D eigenvalue weighted by molar-refractivity contribution is 0.0919. The Kier molecular flexibility index (Phi) is 5.95. The third-order valence-electron chi connectivity index (χ3n) is 3.69. The molecule has 1 rings (SSSR count). The number of amides is 1. The van der Waals surface area contributed by atoms with Crippen LogP contribution in [0.1, 0.15) is 35.3 Å². The van der Waals surface area contributed by atoms with Crippen molar-refractivity contribution in [2.75, 3.05) is 27.2 Å². The van der Waals surface area contributed by atoms with Gasteiger partial charge >= 0.3 is 0 Å². The number of nitrogens with zero attached hydrogens (tertiary/aromatic N) is 1. The Balaban J connectivity index is 2.84. The molecule has 21 heavy (non-hydrogen) atoms. The molecule has 4 heteroatoms. The zero-order valence-electron chi connectivity index (χ0n) is 13.4. The molecular weight excluding hydrogens is 264 g/mol. The van der Waals surface area contributed by atoms with Crippen molar-refractivity contribution < 1.29 is 9.90 Å². The van der Waals surface area contributed by atoms with Crippen LogP contribution < -0.4 is 5.32 Å². The maximum absolute atomic E-state index is 12.2. The third kappa shape index (κ3) is 4.89. The number of hydrogen-bond donors (Lipinski definition) is 2. The van der Waals surface area contributed by atoms with E-state index < -0.39 is 0 Å². The molecule has 0 saturated heterocycles. The first kappa shape index (κ1) is 17.2. The Labute approximate surface area is 127 Å². The highest BCUT2D eigenvalue weighted by molar-refractivity contribution is 5.94. The van der Waals surface area contributed by atoms with E-state index in [2.05, 4.69) is 35.9 Å². The topological polar surface area (TPSA) is 52.6 Å². The molecule has 0 fully saturated rings. The normalized spacial score (nSPS) is 11.0. The molecule has 2 N–H and O–H groups in total. The minimum atomic E-state index is -0.188. The highest BCUT2D eigenvalue weighted by Gasteiger charge is 2.21. The van der Waals surface area contributed by atoms with Gasteiger partial charge in [-0.25, -0.2) is 0 Å². The molecule has 1 amide bonds. The summed E-state index contributed by atoms with van der Waals surface area (Å²) >= 11 is 0. The quantitative estimate of drug-likeness (QED) is 0.824. The molecule has 0 heterocycles. The Bertz CT molecular complexity index is 566. The van der Waals surface area contributed by atoms with Gasteiger partial charge in [-0.1, -0.05) is 17.9 Å². The summed E-state index contributed by atoms with van der Waals surface area (Å²) in [5.41, 5.74) is 2.22. The monoisotopic (exact) mass is 288 g/mol. The highest BCUT2D eigenvalue weighted by Crippen LogP contribution is 2.12. The van der Waals surface area contributed by atoms with E-state index in [0.717, 1.165) is 11.1 Å². The van der Waals surface area contributed by atoms with Crippen LogP contribution in [0.2, 0.25) is 0 Å². The minimum absolute atomic E-state index is 0.111. The second kappa shape index (κ2) is 7.26. The van der Waals surface area contributed by atoms with Crippen LogP contribution >= 0.6 is 0 Å². The fourth-order valence-electron chi connectivity index (χ4n) is 1.59. The fourth-order valence-corrected chi connectivity index (χ4v) is 1.59. The summed E-state index contributed by atoms with van der Waals surface area (Å²) < 4.78 is 0.